The minimum atomic E-state index is -0.346. The maximum Gasteiger partial charge on any atom is 0.272 e. The molecule has 1 aliphatic heterocycles. The smallest absolute Gasteiger partial charge is 0.272 e. The third-order valence-electron chi connectivity index (χ3n) is 6.27. The number of nitrogens with one attached hydrogen (secondary N) is 2. The molecule has 0 unspecified atom stereocenters. The second-order valence-corrected chi connectivity index (χ2v) is 8.42. The normalized spacial score (nSPS) is 14.4. The molecule has 1 aromatic heterocycles. The van der Waals surface area contributed by atoms with Crippen molar-refractivity contribution in [2.75, 3.05) is 18.4 Å². The Labute approximate surface area is 191 Å². The molecule has 5 nitrogen and oxygen atoms in total. The molecule has 0 atom stereocenters. The molecule has 5 rings (SSSR count). The summed E-state index contributed by atoms with van der Waals surface area (Å²) in [6.45, 7) is 1.46. The highest BCUT2D eigenvalue weighted by Crippen LogP contribution is 2.31. The molecule has 2 N–H and O–H groups in total. The van der Waals surface area contributed by atoms with Crippen molar-refractivity contribution in [3.63, 3.8) is 0 Å². The molecule has 3 aromatic carbocycles. The number of benzene rings is 3. The number of aromatic amines is 1. The van der Waals surface area contributed by atoms with Crippen LogP contribution in [0.3, 0.4) is 0 Å². The molecule has 0 saturated carbocycles. The molecule has 2 heterocycles. The number of carbonyl (C=O) groups excluding carboxylic acids is 2. The first-order chi connectivity index (χ1) is 16.1. The Morgan fingerprint density at radius 1 is 0.909 bits per heavy atom. The van der Waals surface area contributed by atoms with Crippen LogP contribution in [0.1, 0.15) is 45.2 Å². The number of halogens is 1. The lowest BCUT2D eigenvalue weighted by Crippen LogP contribution is -2.37. The van der Waals surface area contributed by atoms with Crippen molar-refractivity contribution in [3.05, 3.63) is 102 Å². The monoisotopic (exact) mass is 441 g/mol. The largest absolute Gasteiger partial charge is 0.351 e. The summed E-state index contributed by atoms with van der Waals surface area (Å²) >= 11 is 0. The van der Waals surface area contributed by atoms with Crippen molar-refractivity contribution in [1.29, 1.82) is 0 Å². The van der Waals surface area contributed by atoms with E-state index < -0.39 is 0 Å². The van der Waals surface area contributed by atoms with E-state index in [9.17, 15) is 14.0 Å². The molecule has 2 amide bonds. The number of hydrogen-bond acceptors (Lipinski definition) is 2. The number of nitrogens with zero attached hydrogens (tertiary/aromatic N) is 1. The van der Waals surface area contributed by atoms with Crippen LogP contribution in [0, 0.1) is 5.82 Å². The van der Waals surface area contributed by atoms with Crippen molar-refractivity contribution < 1.29 is 14.0 Å². The van der Waals surface area contributed by atoms with Gasteiger partial charge < -0.3 is 15.2 Å². The maximum absolute atomic E-state index is 13.1. The van der Waals surface area contributed by atoms with Crippen LogP contribution in [0.25, 0.3) is 10.9 Å². The topological polar surface area (TPSA) is 65.2 Å². The summed E-state index contributed by atoms with van der Waals surface area (Å²) in [5, 5.41) is 3.75. The fourth-order valence-corrected chi connectivity index (χ4v) is 4.44. The highest BCUT2D eigenvalue weighted by atomic mass is 19.1. The molecule has 0 spiro atoms. The van der Waals surface area contributed by atoms with Gasteiger partial charge in [0.1, 0.15) is 11.5 Å². The van der Waals surface area contributed by atoms with Crippen molar-refractivity contribution >= 4 is 28.4 Å². The van der Waals surface area contributed by atoms with Gasteiger partial charge in [0.2, 0.25) is 0 Å². The van der Waals surface area contributed by atoms with E-state index in [0.29, 0.717) is 17.3 Å². The van der Waals surface area contributed by atoms with Gasteiger partial charge in [0.25, 0.3) is 11.8 Å². The van der Waals surface area contributed by atoms with Gasteiger partial charge >= 0.3 is 0 Å². The van der Waals surface area contributed by atoms with Gasteiger partial charge in [-0.05, 0) is 78.9 Å². The molecule has 166 valence electrons. The van der Waals surface area contributed by atoms with Crippen LogP contribution in [0.5, 0.6) is 0 Å². The first kappa shape index (κ1) is 20.9. The number of fused-ring (bicyclic) bond motifs is 1. The van der Waals surface area contributed by atoms with Crippen LogP contribution >= 0.6 is 0 Å². The van der Waals surface area contributed by atoms with Gasteiger partial charge in [-0.15, -0.1) is 0 Å². The van der Waals surface area contributed by atoms with Gasteiger partial charge in [-0.1, -0.05) is 24.3 Å². The molecule has 0 radical (unpaired) electrons. The lowest BCUT2D eigenvalue weighted by molar-refractivity contribution is 0.0713. The van der Waals surface area contributed by atoms with Gasteiger partial charge in [-0.3, -0.25) is 9.59 Å². The average molecular weight is 442 g/mol. The number of aromatic nitrogens is 1. The Morgan fingerprint density at radius 3 is 2.36 bits per heavy atom. The summed E-state index contributed by atoms with van der Waals surface area (Å²) in [4.78, 5) is 30.4. The van der Waals surface area contributed by atoms with Gasteiger partial charge in [0, 0.05) is 35.2 Å². The van der Waals surface area contributed by atoms with Gasteiger partial charge in [-0.2, -0.15) is 0 Å². The van der Waals surface area contributed by atoms with E-state index in [2.05, 4.69) is 22.4 Å². The number of anilines is 1. The van der Waals surface area contributed by atoms with Crippen LogP contribution in [0.2, 0.25) is 0 Å². The van der Waals surface area contributed by atoms with Crippen LogP contribution < -0.4 is 5.32 Å². The molecule has 1 aliphatic rings. The maximum atomic E-state index is 13.1. The number of likely N-dealkylation sites (tertiary alicyclic amines) is 1. The number of piperidine rings is 1. The second kappa shape index (κ2) is 8.90. The van der Waals surface area contributed by atoms with Crippen molar-refractivity contribution in [1.82, 2.24) is 9.88 Å². The number of carbonyl (C=O) groups is 2. The van der Waals surface area contributed by atoms with E-state index in [4.69, 9.17) is 0 Å². The predicted molar refractivity (Wildman–Crippen MR) is 127 cm³/mol. The molecular weight excluding hydrogens is 417 g/mol. The zero-order valence-corrected chi connectivity index (χ0v) is 18.1. The zero-order chi connectivity index (χ0) is 22.8. The van der Waals surface area contributed by atoms with Crippen LogP contribution in [-0.4, -0.2) is 34.8 Å². The molecule has 4 aromatic rings. The fourth-order valence-electron chi connectivity index (χ4n) is 4.44. The summed E-state index contributed by atoms with van der Waals surface area (Å²) in [5.41, 5.74) is 3.84. The van der Waals surface area contributed by atoms with E-state index in [1.165, 1.54) is 29.8 Å². The van der Waals surface area contributed by atoms with Crippen LogP contribution in [-0.2, 0) is 0 Å². The average Bonchev–Trinajstić information content (AvgIpc) is 3.29. The molecule has 0 aliphatic carbocycles. The van der Waals surface area contributed by atoms with Crippen LogP contribution in [0.4, 0.5) is 10.1 Å². The molecule has 33 heavy (non-hydrogen) atoms. The summed E-state index contributed by atoms with van der Waals surface area (Å²) in [5.74, 6) is -0.152. The molecule has 1 saturated heterocycles. The van der Waals surface area contributed by atoms with Crippen molar-refractivity contribution in [3.8, 4) is 0 Å². The molecule has 0 bridgehead atoms. The first-order valence-electron chi connectivity index (χ1n) is 11.1. The van der Waals surface area contributed by atoms with Crippen molar-refractivity contribution in [2.45, 2.75) is 18.8 Å². The van der Waals surface area contributed by atoms with E-state index in [1.54, 1.807) is 0 Å². The van der Waals surface area contributed by atoms with Gasteiger partial charge in [-0.25, -0.2) is 4.39 Å². The quantitative estimate of drug-likeness (QED) is 0.434. The summed E-state index contributed by atoms with van der Waals surface area (Å²) in [7, 11) is 0. The summed E-state index contributed by atoms with van der Waals surface area (Å²) in [6.07, 6.45) is 1.82. The third-order valence-corrected chi connectivity index (χ3v) is 6.27. The first-order valence-corrected chi connectivity index (χ1v) is 11.1. The SMILES string of the molecule is O=C(Nc1ccc(F)cc1)c1cc2cc(C3CCN(C(=O)c4ccccc4)CC3)ccc2[nH]1. The lowest BCUT2D eigenvalue weighted by atomic mass is 9.88. The Bertz CT molecular complexity index is 1290. The Balaban J connectivity index is 1.26. The van der Waals surface area contributed by atoms with E-state index in [1.807, 2.05) is 47.4 Å². The van der Waals surface area contributed by atoms with Crippen molar-refractivity contribution in [2.24, 2.45) is 0 Å². The lowest BCUT2D eigenvalue weighted by Gasteiger charge is -2.32. The molecular formula is C27H24FN3O2. The molecule has 6 heteroatoms. The highest BCUT2D eigenvalue weighted by molar-refractivity contribution is 6.06. The second-order valence-electron chi connectivity index (χ2n) is 8.42. The van der Waals surface area contributed by atoms with E-state index in [-0.39, 0.29) is 17.6 Å². The number of rotatable bonds is 4. The predicted octanol–water partition coefficient (Wildman–Crippen LogP) is 5.58. The third kappa shape index (κ3) is 4.51. The Hall–Kier alpha value is -3.93. The van der Waals surface area contributed by atoms with Gasteiger partial charge in [0.05, 0.1) is 0 Å². The Morgan fingerprint density at radius 2 is 1.64 bits per heavy atom. The number of H-pyrrole nitrogens is 1. The summed E-state index contributed by atoms with van der Waals surface area (Å²) in [6, 6.07) is 23.2. The fraction of sp³-hybridized carbons (Fsp3) is 0.185. The number of hydrogen-bond donors (Lipinski definition) is 2. The standard InChI is InChI=1S/C27H24FN3O2/c28-22-7-9-23(10-8-22)29-26(32)25-17-21-16-20(6-11-24(21)30-25)18-12-14-31(15-13-18)27(33)19-4-2-1-3-5-19/h1-11,16-18,30H,12-15H2,(H,29,32). The van der Waals surface area contributed by atoms with E-state index >= 15 is 0 Å². The highest BCUT2D eigenvalue weighted by Gasteiger charge is 2.25. The minimum Gasteiger partial charge on any atom is -0.351 e. The Kier molecular flexibility index (Phi) is 5.65. The zero-order valence-electron chi connectivity index (χ0n) is 18.1. The summed E-state index contributed by atoms with van der Waals surface area (Å²) < 4.78 is 13.1. The van der Waals surface area contributed by atoms with Crippen LogP contribution in [0.15, 0.2) is 78.9 Å². The minimum absolute atomic E-state index is 0.0898. The van der Waals surface area contributed by atoms with Gasteiger partial charge in [0.15, 0.2) is 0 Å². The molecule has 1 fully saturated rings. The van der Waals surface area contributed by atoms with E-state index in [0.717, 1.165) is 42.4 Å². The number of amides is 2.